The molecule has 2 heterocycles. The third-order valence-electron chi connectivity index (χ3n) is 4.25. The Morgan fingerprint density at radius 2 is 2.00 bits per heavy atom. The van der Waals surface area contributed by atoms with Crippen molar-refractivity contribution in [2.45, 2.75) is 13.2 Å². The molecule has 0 saturated heterocycles. The van der Waals surface area contributed by atoms with Crippen molar-refractivity contribution < 1.29 is 28.2 Å². The number of nitrogens with one attached hydrogen (secondary N) is 1. The van der Waals surface area contributed by atoms with Crippen molar-refractivity contribution >= 4 is 29.2 Å². The van der Waals surface area contributed by atoms with Crippen molar-refractivity contribution in [3.63, 3.8) is 0 Å². The summed E-state index contributed by atoms with van der Waals surface area (Å²) in [7, 11) is 0. The summed E-state index contributed by atoms with van der Waals surface area (Å²) >= 11 is 6.14. The van der Waals surface area contributed by atoms with Gasteiger partial charge in [-0.2, -0.15) is 0 Å². The number of esters is 1. The molecule has 0 aliphatic carbocycles. The molecule has 0 unspecified atom stereocenters. The topological polar surface area (TPSA) is 87.0 Å². The van der Waals surface area contributed by atoms with E-state index in [1.165, 1.54) is 12.3 Å². The molecule has 7 nitrogen and oxygen atoms in total. The number of fused-ring (bicyclic) bond motifs is 1. The zero-order valence-corrected chi connectivity index (χ0v) is 15.9. The van der Waals surface area contributed by atoms with Crippen molar-refractivity contribution in [2.24, 2.45) is 0 Å². The Labute approximate surface area is 171 Å². The van der Waals surface area contributed by atoms with Crippen LogP contribution in [0.25, 0.3) is 0 Å². The first-order valence-corrected chi connectivity index (χ1v) is 9.12. The summed E-state index contributed by atoms with van der Waals surface area (Å²) in [5.74, 6) is -0.320. The van der Waals surface area contributed by atoms with Gasteiger partial charge >= 0.3 is 5.97 Å². The number of carbonyl (C=O) groups is 2. The normalized spacial score (nSPS) is 12.6. The summed E-state index contributed by atoms with van der Waals surface area (Å²) in [5, 5.41) is 3.15. The fourth-order valence-corrected chi connectivity index (χ4v) is 3.21. The molecule has 8 heteroatoms. The predicted molar refractivity (Wildman–Crippen MR) is 104 cm³/mol. The van der Waals surface area contributed by atoms with Gasteiger partial charge in [0.1, 0.15) is 12.4 Å². The van der Waals surface area contributed by atoms with Crippen LogP contribution in [0.1, 0.15) is 32.0 Å². The molecule has 29 heavy (non-hydrogen) atoms. The summed E-state index contributed by atoms with van der Waals surface area (Å²) in [6.07, 6.45) is 1.40. The van der Waals surface area contributed by atoms with E-state index >= 15 is 0 Å². The zero-order chi connectivity index (χ0) is 20.2. The highest BCUT2D eigenvalue weighted by Crippen LogP contribution is 2.32. The van der Waals surface area contributed by atoms with Gasteiger partial charge in [-0.05, 0) is 36.4 Å². The first kappa shape index (κ1) is 19.0. The number of carbonyl (C=O) groups excluding carboxylic acids is 2. The summed E-state index contributed by atoms with van der Waals surface area (Å²) in [4.78, 5) is 24.9. The third kappa shape index (κ3) is 4.26. The molecule has 1 aliphatic heterocycles. The second kappa shape index (κ2) is 8.38. The van der Waals surface area contributed by atoms with E-state index in [2.05, 4.69) is 5.32 Å². The SMILES string of the molecule is O=C(Nc1ccccc1C(=O)OCc1cc(Cl)cc2c1OCOC2)c1ccco1. The van der Waals surface area contributed by atoms with E-state index in [0.717, 1.165) is 5.56 Å². The van der Waals surface area contributed by atoms with Crippen LogP contribution in [0.4, 0.5) is 5.69 Å². The van der Waals surface area contributed by atoms with Gasteiger partial charge in [0.05, 0.1) is 24.1 Å². The van der Waals surface area contributed by atoms with Crippen LogP contribution in [-0.4, -0.2) is 18.7 Å². The van der Waals surface area contributed by atoms with Crippen molar-refractivity contribution in [3.05, 3.63) is 82.3 Å². The van der Waals surface area contributed by atoms with Gasteiger partial charge in [-0.15, -0.1) is 0 Å². The number of halogens is 1. The summed E-state index contributed by atoms with van der Waals surface area (Å²) in [6, 6.07) is 13.1. The number of hydrogen-bond donors (Lipinski definition) is 1. The highest BCUT2D eigenvalue weighted by molar-refractivity contribution is 6.30. The van der Waals surface area contributed by atoms with Crippen LogP contribution in [0, 0.1) is 0 Å². The van der Waals surface area contributed by atoms with Gasteiger partial charge in [-0.1, -0.05) is 23.7 Å². The van der Waals surface area contributed by atoms with Crippen molar-refractivity contribution in [1.82, 2.24) is 0 Å². The average molecular weight is 414 g/mol. The molecule has 0 bridgehead atoms. The summed E-state index contributed by atoms with van der Waals surface area (Å²) in [6.45, 7) is 0.456. The second-order valence-corrected chi connectivity index (χ2v) is 6.65. The Morgan fingerprint density at radius 1 is 1.14 bits per heavy atom. The van der Waals surface area contributed by atoms with Crippen molar-refractivity contribution in [2.75, 3.05) is 12.1 Å². The summed E-state index contributed by atoms with van der Waals surface area (Å²) in [5.41, 5.74) is 1.96. The van der Waals surface area contributed by atoms with E-state index < -0.39 is 11.9 Å². The number of anilines is 1. The fraction of sp³-hybridized carbons (Fsp3) is 0.143. The smallest absolute Gasteiger partial charge is 0.340 e. The lowest BCUT2D eigenvalue weighted by Gasteiger charge is -2.21. The maximum atomic E-state index is 12.7. The Balaban J connectivity index is 1.50. The molecule has 3 aromatic rings. The van der Waals surface area contributed by atoms with Gasteiger partial charge in [0.15, 0.2) is 12.6 Å². The van der Waals surface area contributed by atoms with E-state index in [0.29, 0.717) is 28.6 Å². The van der Waals surface area contributed by atoms with Crippen LogP contribution in [0.15, 0.2) is 59.2 Å². The van der Waals surface area contributed by atoms with Crippen LogP contribution < -0.4 is 10.1 Å². The monoisotopic (exact) mass is 413 g/mol. The number of para-hydroxylation sites is 1. The minimum absolute atomic E-state index is 0.0395. The van der Waals surface area contributed by atoms with E-state index in [1.54, 1.807) is 42.5 Å². The minimum atomic E-state index is -0.596. The lowest BCUT2D eigenvalue weighted by molar-refractivity contribution is -0.0180. The molecule has 4 rings (SSSR count). The number of furan rings is 1. The minimum Gasteiger partial charge on any atom is -0.467 e. The molecule has 0 fully saturated rings. The van der Waals surface area contributed by atoms with E-state index in [4.69, 9.17) is 30.2 Å². The molecule has 0 saturated carbocycles. The van der Waals surface area contributed by atoms with Gasteiger partial charge in [-0.3, -0.25) is 4.79 Å². The molecule has 0 spiro atoms. The zero-order valence-electron chi connectivity index (χ0n) is 15.1. The lowest BCUT2D eigenvalue weighted by Crippen LogP contribution is -2.16. The van der Waals surface area contributed by atoms with Crippen LogP contribution in [0.5, 0.6) is 5.75 Å². The number of ether oxygens (including phenoxy) is 3. The molecular formula is C21H16ClNO6. The molecule has 1 aromatic heterocycles. The molecular weight excluding hydrogens is 398 g/mol. The van der Waals surface area contributed by atoms with Crippen LogP contribution >= 0.6 is 11.6 Å². The van der Waals surface area contributed by atoms with Crippen molar-refractivity contribution in [1.29, 1.82) is 0 Å². The molecule has 0 radical (unpaired) electrons. The van der Waals surface area contributed by atoms with Crippen LogP contribution in [0.3, 0.4) is 0 Å². The molecule has 1 N–H and O–H groups in total. The molecule has 1 aliphatic rings. The highest BCUT2D eigenvalue weighted by Gasteiger charge is 2.20. The number of benzene rings is 2. The van der Waals surface area contributed by atoms with Gasteiger partial charge in [0, 0.05) is 16.1 Å². The average Bonchev–Trinajstić information content (AvgIpc) is 3.27. The lowest BCUT2D eigenvalue weighted by atomic mass is 10.1. The van der Waals surface area contributed by atoms with E-state index in [9.17, 15) is 9.59 Å². The second-order valence-electron chi connectivity index (χ2n) is 6.22. The first-order chi connectivity index (χ1) is 14.1. The number of hydrogen-bond acceptors (Lipinski definition) is 6. The maximum Gasteiger partial charge on any atom is 0.340 e. The van der Waals surface area contributed by atoms with Gasteiger partial charge < -0.3 is 23.9 Å². The largest absolute Gasteiger partial charge is 0.467 e. The number of rotatable bonds is 5. The Hall–Kier alpha value is -3.29. The standard InChI is InChI=1S/C21H16ClNO6/c22-15-8-13-10-26-12-29-19(13)14(9-15)11-28-21(25)16-4-1-2-5-17(16)23-20(24)18-6-3-7-27-18/h1-9H,10-12H2,(H,23,24). The predicted octanol–water partition coefficient (Wildman–Crippen LogP) is 4.41. The van der Waals surface area contributed by atoms with Crippen molar-refractivity contribution in [3.8, 4) is 5.75 Å². The molecule has 1 amide bonds. The van der Waals surface area contributed by atoms with E-state index in [1.807, 2.05) is 0 Å². The Morgan fingerprint density at radius 3 is 2.83 bits per heavy atom. The van der Waals surface area contributed by atoms with E-state index in [-0.39, 0.29) is 24.7 Å². The number of amides is 1. The Bertz CT molecular complexity index is 1050. The molecule has 2 aromatic carbocycles. The fourth-order valence-electron chi connectivity index (χ4n) is 2.95. The van der Waals surface area contributed by atoms with Crippen LogP contribution in [-0.2, 0) is 22.7 Å². The highest BCUT2D eigenvalue weighted by atomic mass is 35.5. The van der Waals surface area contributed by atoms with Crippen LogP contribution in [0.2, 0.25) is 5.02 Å². The van der Waals surface area contributed by atoms with Gasteiger partial charge in [0.2, 0.25) is 0 Å². The van der Waals surface area contributed by atoms with Gasteiger partial charge in [0.25, 0.3) is 5.91 Å². The van der Waals surface area contributed by atoms with Gasteiger partial charge in [-0.25, -0.2) is 4.79 Å². The molecule has 0 atom stereocenters. The summed E-state index contributed by atoms with van der Waals surface area (Å²) < 4.78 is 21.3. The Kier molecular flexibility index (Phi) is 5.50. The maximum absolute atomic E-state index is 12.7. The molecule has 148 valence electrons. The first-order valence-electron chi connectivity index (χ1n) is 8.74. The third-order valence-corrected chi connectivity index (χ3v) is 4.47. The quantitative estimate of drug-likeness (QED) is 0.623.